The number of nitrogens with one attached hydrogen (secondary N) is 1. The Morgan fingerprint density at radius 2 is 2.10 bits per heavy atom. The van der Waals surface area contributed by atoms with Gasteiger partial charge in [0, 0.05) is 19.0 Å². The van der Waals surface area contributed by atoms with Crippen molar-refractivity contribution < 1.29 is 19.4 Å². The average Bonchev–Trinajstić information content (AvgIpc) is 3.11. The number of ether oxygens (including phenoxy) is 1. The molecular formula is C14H22N2O4. The lowest BCUT2D eigenvalue weighted by Gasteiger charge is -2.33. The largest absolute Gasteiger partial charge is 0.481 e. The van der Waals surface area contributed by atoms with Gasteiger partial charge in [0.05, 0.1) is 19.1 Å². The molecule has 1 aliphatic carbocycles. The second kappa shape index (κ2) is 5.33. The summed E-state index contributed by atoms with van der Waals surface area (Å²) in [5, 5.41) is 12.2. The van der Waals surface area contributed by atoms with Crippen molar-refractivity contribution in [3.8, 4) is 0 Å². The van der Waals surface area contributed by atoms with Crippen molar-refractivity contribution in [3.05, 3.63) is 0 Å². The second-order valence-electron chi connectivity index (χ2n) is 6.24. The van der Waals surface area contributed by atoms with Gasteiger partial charge in [-0.1, -0.05) is 0 Å². The number of aliphatic carboxylic acids is 1. The summed E-state index contributed by atoms with van der Waals surface area (Å²) in [6.45, 7) is 3.49. The number of hydrogen-bond donors (Lipinski definition) is 2. The topological polar surface area (TPSA) is 78.9 Å². The van der Waals surface area contributed by atoms with Gasteiger partial charge in [-0.15, -0.1) is 0 Å². The molecule has 112 valence electrons. The number of carboxylic acids is 1. The first-order valence-electron chi connectivity index (χ1n) is 7.44. The van der Waals surface area contributed by atoms with Crippen molar-refractivity contribution in [1.82, 2.24) is 10.2 Å². The van der Waals surface area contributed by atoms with Crippen molar-refractivity contribution in [2.24, 2.45) is 11.3 Å². The molecule has 2 atom stereocenters. The smallest absolute Gasteiger partial charge is 0.306 e. The summed E-state index contributed by atoms with van der Waals surface area (Å²) in [5.41, 5.74) is 0.239. The average molecular weight is 282 g/mol. The van der Waals surface area contributed by atoms with Crippen LogP contribution >= 0.6 is 0 Å². The molecule has 0 aromatic carbocycles. The third-order valence-corrected chi connectivity index (χ3v) is 4.94. The third kappa shape index (κ3) is 2.67. The SMILES string of the molecule is O=C(O)CC1CN(C(=O)C2CC23CCNCC3)CCO1. The van der Waals surface area contributed by atoms with Crippen LogP contribution in [-0.2, 0) is 14.3 Å². The first-order chi connectivity index (χ1) is 9.61. The zero-order valence-electron chi connectivity index (χ0n) is 11.6. The molecule has 0 aromatic heterocycles. The Hall–Kier alpha value is -1.14. The molecule has 6 heteroatoms. The molecule has 3 rings (SSSR count). The molecule has 0 bridgehead atoms. The molecule has 20 heavy (non-hydrogen) atoms. The van der Waals surface area contributed by atoms with E-state index in [1.54, 1.807) is 0 Å². The molecule has 1 amide bonds. The van der Waals surface area contributed by atoms with Gasteiger partial charge in [-0.05, 0) is 37.8 Å². The number of carbonyl (C=O) groups excluding carboxylic acids is 1. The normalized spacial score (nSPS) is 32.1. The van der Waals surface area contributed by atoms with Gasteiger partial charge in [0.25, 0.3) is 0 Å². The Morgan fingerprint density at radius 3 is 2.80 bits per heavy atom. The predicted molar refractivity (Wildman–Crippen MR) is 71.2 cm³/mol. The summed E-state index contributed by atoms with van der Waals surface area (Å²) >= 11 is 0. The molecule has 2 aliphatic heterocycles. The summed E-state index contributed by atoms with van der Waals surface area (Å²) in [4.78, 5) is 25.1. The molecule has 2 N–H and O–H groups in total. The van der Waals surface area contributed by atoms with Gasteiger partial charge < -0.3 is 20.1 Å². The van der Waals surface area contributed by atoms with E-state index in [0.717, 1.165) is 32.4 Å². The van der Waals surface area contributed by atoms with Crippen LogP contribution in [0.4, 0.5) is 0 Å². The molecule has 6 nitrogen and oxygen atoms in total. The van der Waals surface area contributed by atoms with Crippen molar-refractivity contribution in [1.29, 1.82) is 0 Å². The minimum atomic E-state index is -0.870. The highest BCUT2D eigenvalue weighted by atomic mass is 16.5. The van der Waals surface area contributed by atoms with Crippen LogP contribution in [0.5, 0.6) is 0 Å². The van der Waals surface area contributed by atoms with Crippen LogP contribution in [0.1, 0.15) is 25.7 Å². The number of nitrogens with zero attached hydrogens (tertiary/aromatic N) is 1. The second-order valence-corrected chi connectivity index (χ2v) is 6.24. The summed E-state index contributed by atoms with van der Waals surface area (Å²) in [6, 6.07) is 0. The van der Waals surface area contributed by atoms with Gasteiger partial charge >= 0.3 is 5.97 Å². The number of rotatable bonds is 3. The van der Waals surface area contributed by atoms with E-state index in [-0.39, 0.29) is 29.8 Å². The number of carboxylic acid groups (broad SMARTS) is 1. The molecule has 1 spiro atoms. The number of morpholine rings is 1. The maximum atomic E-state index is 12.6. The van der Waals surface area contributed by atoms with Gasteiger partial charge in [-0.25, -0.2) is 0 Å². The standard InChI is InChI=1S/C14H22N2O4/c17-12(18)7-10-9-16(5-6-20-10)13(19)11-8-14(11)1-3-15-4-2-14/h10-11,15H,1-9H2,(H,17,18). The van der Waals surface area contributed by atoms with Gasteiger partial charge in [-0.2, -0.15) is 0 Å². The van der Waals surface area contributed by atoms with Gasteiger partial charge in [-0.3, -0.25) is 9.59 Å². The maximum Gasteiger partial charge on any atom is 0.306 e. The summed E-state index contributed by atoms with van der Waals surface area (Å²) < 4.78 is 5.42. The van der Waals surface area contributed by atoms with Crippen LogP contribution in [0.15, 0.2) is 0 Å². The van der Waals surface area contributed by atoms with Crippen LogP contribution < -0.4 is 5.32 Å². The highest BCUT2D eigenvalue weighted by Crippen LogP contribution is 2.59. The van der Waals surface area contributed by atoms with Crippen molar-refractivity contribution in [3.63, 3.8) is 0 Å². The van der Waals surface area contributed by atoms with Crippen LogP contribution in [0.25, 0.3) is 0 Å². The minimum Gasteiger partial charge on any atom is -0.481 e. The lowest BCUT2D eigenvalue weighted by atomic mass is 9.91. The Balaban J connectivity index is 1.56. The van der Waals surface area contributed by atoms with Crippen molar-refractivity contribution in [2.75, 3.05) is 32.8 Å². The van der Waals surface area contributed by atoms with Crippen LogP contribution in [0, 0.1) is 11.3 Å². The third-order valence-electron chi connectivity index (χ3n) is 4.94. The summed E-state index contributed by atoms with van der Waals surface area (Å²) in [6.07, 6.45) is 2.81. The molecular weight excluding hydrogens is 260 g/mol. The number of piperidine rings is 1. The Labute approximate surface area is 118 Å². The van der Waals surface area contributed by atoms with E-state index in [0.29, 0.717) is 19.7 Å². The van der Waals surface area contributed by atoms with E-state index in [9.17, 15) is 9.59 Å². The van der Waals surface area contributed by atoms with Crippen LogP contribution in [0.2, 0.25) is 0 Å². The molecule has 0 aromatic rings. The van der Waals surface area contributed by atoms with E-state index < -0.39 is 5.97 Å². The zero-order valence-corrected chi connectivity index (χ0v) is 11.6. The molecule has 2 unspecified atom stereocenters. The Morgan fingerprint density at radius 1 is 1.35 bits per heavy atom. The highest BCUT2D eigenvalue weighted by Gasteiger charge is 2.58. The molecule has 3 aliphatic rings. The van der Waals surface area contributed by atoms with Gasteiger partial charge in [0.2, 0.25) is 5.91 Å². The fourth-order valence-electron chi connectivity index (χ4n) is 3.63. The minimum absolute atomic E-state index is 0.0243. The predicted octanol–water partition coefficient (Wildman–Crippen LogP) is 0.0782. The highest BCUT2D eigenvalue weighted by molar-refractivity contribution is 5.83. The molecule has 2 saturated heterocycles. The van der Waals surface area contributed by atoms with Crippen molar-refractivity contribution in [2.45, 2.75) is 31.8 Å². The Bertz CT molecular complexity index is 406. The quantitative estimate of drug-likeness (QED) is 0.766. The first kappa shape index (κ1) is 13.8. The number of hydrogen-bond acceptors (Lipinski definition) is 4. The lowest BCUT2D eigenvalue weighted by molar-refractivity contribution is -0.148. The van der Waals surface area contributed by atoms with E-state index in [1.807, 2.05) is 4.90 Å². The molecule has 1 saturated carbocycles. The van der Waals surface area contributed by atoms with E-state index in [4.69, 9.17) is 9.84 Å². The van der Waals surface area contributed by atoms with E-state index in [2.05, 4.69) is 5.32 Å². The van der Waals surface area contributed by atoms with E-state index >= 15 is 0 Å². The fourth-order valence-corrected chi connectivity index (χ4v) is 3.63. The zero-order chi connectivity index (χ0) is 14.2. The maximum absolute atomic E-state index is 12.6. The molecule has 3 fully saturated rings. The molecule has 0 radical (unpaired) electrons. The summed E-state index contributed by atoms with van der Waals surface area (Å²) in [5.74, 6) is -0.496. The van der Waals surface area contributed by atoms with E-state index in [1.165, 1.54) is 0 Å². The monoisotopic (exact) mass is 282 g/mol. The van der Waals surface area contributed by atoms with Gasteiger partial charge in [0.1, 0.15) is 0 Å². The Kier molecular flexibility index (Phi) is 3.69. The first-order valence-corrected chi connectivity index (χ1v) is 7.44. The molecule has 2 heterocycles. The summed E-state index contributed by atoms with van der Waals surface area (Å²) in [7, 11) is 0. The number of amides is 1. The lowest BCUT2D eigenvalue weighted by Crippen LogP contribution is -2.47. The van der Waals surface area contributed by atoms with Crippen molar-refractivity contribution >= 4 is 11.9 Å². The number of carbonyl (C=O) groups is 2. The van der Waals surface area contributed by atoms with Crippen LogP contribution in [0.3, 0.4) is 0 Å². The fraction of sp³-hybridized carbons (Fsp3) is 0.857. The van der Waals surface area contributed by atoms with Gasteiger partial charge in [0.15, 0.2) is 0 Å². The van der Waals surface area contributed by atoms with Crippen LogP contribution in [-0.4, -0.2) is 60.8 Å².